The van der Waals surface area contributed by atoms with Gasteiger partial charge < -0.3 is 10.4 Å². The molecule has 1 aliphatic rings. The smallest absolute Gasteiger partial charge is 0.317 e. The van der Waals surface area contributed by atoms with E-state index in [2.05, 4.69) is 38.2 Å². The molecule has 0 saturated heterocycles. The molecule has 0 unspecified atom stereocenters. The van der Waals surface area contributed by atoms with E-state index in [-0.39, 0.29) is 12.0 Å². The van der Waals surface area contributed by atoms with E-state index in [0.29, 0.717) is 6.54 Å². The number of carbonyl (C=O) groups is 1. The Labute approximate surface area is 157 Å². The summed E-state index contributed by atoms with van der Waals surface area (Å²) in [5.74, 6) is -0.863. The van der Waals surface area contributed by atoms with E-state index < -0.39 is 5.97 Å². The molecule has 0 radical (unpaired) electrons. The molecular weight excluding hydrogens is 322 g/mol. The van der Waals surface area contributed by atoms with Gasteiger partial charge in [-0.25, -0.2) is 0 Å². The third kappa shape index (κ3) is 4.61. The largest absolute Gasteiger partial charge is 0.480 e. The molecule has 0 aliphatic heterocycles. The summed E-state index contributed by atoms with van der Waals surface area (Å²) in [6.45, 7) is 20.2. The minimum Gasteiger partial charge on any atom is -0.480 e. The fourth-order valence-corrected chi connectivity index (χ4v) is 4.01. The van der Waals surface area contributed by atoms with Crippen molar-refractivity contribution in [1.82, 2.24) is 5.32 Å². The molecule has 0 spiro atoms. The van der Waals surface area contributed by atoms with Crippen molar-refractivity contribution in [2.75, 3.05) is 13.1 Å². The Hall–Kier alpha value is -2.39. The standard InChI is InChI=1S/C23H31NO2/c1-6-11-18-19(12-7-2)21(16-24-17-22(25)26)23(14-9-4,15-10-5)20(18)13-8-3/h6-10,24H,1-5,11-17H2,(H,25,26). The molecule has 0 aromatic carbocycles. The number of hydrogen-bond donors (Lipinski definition) is 2. The summed E-state index contributed by atoms with van der Waals surface area (Å²) in [4.78, 5) is 11.0. The maximum Gasteiger partial charge on any atom is 0.317 e. The first kappa shape index (κ1) is 21.7. The molecule has 1 aliphatic carbocycles. The molecular formula is C23H31NO2. The second-order valence-electron chi connectivity index (χ2n) is 6.46. The van der Waals surface area contributed by atoms with Gasteiger partial charge in [-0.2, -0.15) is 0 Å². The van der Waals surface area contributed by atoms with Crippen LogP contribution < -0.4 is 5.32 Å². The molecule has 140 valence electrons. The highest BCUT2D eigenvalue weighted by Crippen LogP contribution is 2.55. The Morgan fingerprint density at radius 1 is 0.846 bits per heavy atom. The molecule has 2 N–H and O–H groups in total. The van der Waals surface area contributed by atoms with Crippen LogP contribution in [0.2, 0.25) is 0 Å². The minimum absolute atomic E-state index is 0.0727. The van der Waals surface area contributed by atoms with Gasteiger partial charge in [-0.1, -0.05) is 36.0 Å². The van der Waals surface area contributed by atoms with Crippen LogP contribution in [0.15, 0.2) is 85.6 Å². The zero-order valence-electron chi connectivity index (χ0n) is 15.7. The van der Waals surface area contributed by atoms with Gasteiger partial charge in [-0.3, -0.25) is 4.79 Å². The summed E-state index contributed by atoms with van der Waals surface area (Å²) in [5.41, 5.74) is 4.80. The first-order valence-electron chi connectivity index (χ1n) is 8.94. The van der Waals surface area contributed by atoms with Crippen LogP contribution in [0.3, 0.4) is 0 Å². The molecule has 26 heavy (non-hydrogen) atoms. The molecule has 0 aromatic rings. The number of carboxylic acids is 1. The van der Waals surface area contributed by atoms with Crippen LogP contribution in [-0.4, -0.2) is 24.2 Å². The maximum atomic E-state index is 11.0. The van der Waals surface area contributed by atoms with Crippen molar-refractivity contribution in [2.45, 2.75) is 32.1 Å². The van der Waals surface area contributed by atoms with Crippen LogP contribution >= 0.6 is 0 Å². The van der Waals surface area contributed by atoms with Crippen molar-refractivity contribution < 1.29 is 9.90 Å². The monoisotopic (exact) mass is 353 g/mol. The number of hydrogen-bond acceptors (Lipinski definition) is 2. The van der Waals surface area contributed by atoms with Crippen LogP contribution in [0.5, 0.6) is 0 Å². The van der Waals surface area contributed by atoms with Crippen molar-refractivity contribution >= 4 is 5.97 Å². The molecule has 0 bridgehead atoms. The maximum absolute atomic E-state index is 11.0. The second kappa shape index (κ2) is 10.6. The zero-order chi connectivity index (χ0) is 19.6. The summed E-state index contributed by atoms with van der Waals surface area (Å²) in [5, 5.41) is 12.1. The van der Waals surface area contributed by atoms with Crippen molar-refractivity contribution in [3.05, 3.63) is 85.6 Å². The van der Waals surface area contributed by atoms with Crippen molar-refractivity contribution in [2.24, 2.45) is 5.41 Å². The number of nitrogens with one attached hydrogen (secondary N) is 1. The highest BCUT2D eigenvalue weighted by Gasteiger charge is 2.43. The quantitative estimate of drug-likeness (QED) is 0.425. The SMILES string of the molecule is C=CCC1=C(CC=C)C(CC=C)(CC=C)C(CNCC(=O)O)=C1CC=C. The lowest BCUT2D eigenvalue weighted by Crippen LogP contribution is -2.32. The van der Waals surface area contributed by atoms with Crippen LogP contribution in [0.25, 0.3) is 0 Å². The van der Waals surface area contributed by atoms with Crippen LogP contribution in [0.1, 0.15) is 32.1 Å². The van der Waals surface area contributed by atoms with Gasteiger partial charge in [0.1, 0.15) is 0 Å². The average molecular weight is 354 g/mol. The van der Waals surface area contributed by atoms with Crippen LogP contribution in [0, 0.1) is 5.41 Å². The molecule has 3 heteroatoms. The number of aliphatic carboxylic acids is 1. The molecule has 0 amide bonds. The Morgan fingerprint density at radius 3 is 1.77 bits per heavy atom. The fourth-order valence-electron chi connectivity index (χ4n) is 4.01. The van der Waals surface area contributed by atoms with E-state index >= 15 is 0 Å². The molecule has 0 heterocycles. The summed E-state index contributed by atoms with van der Waals surface area (Å²) < 4.78 is 0. The molecule has 3 nitrogen and oxygen atoms in total. The predicted molar refractivity (Wildman–Crippen MR) is 111 cm³/mol. The van der Waals surface area contributed by atoms with Crippen molar-refractivity contribution in [3.63, 3.8) is 0 Å². The minimum atomic E-state index is -0.863. The predicted octanol–water partition coefficient (Wildman–Crippen LogP) is 5.13. The summed E-state index contributed by atoms with van der Waals surface area (Å²) in [6, 6.07) is 0. The second-order valence-corrected chi connectivity index (χ2v) is 6.46. The van der Waals surface area contributed by atoms with Gasteiger partial charge in [0.25, 0.3) is 0 Å². The lowest BCUT2D eigenvalue weighted by molar-refractivity contribution is -0.135. The normalized spacial score (nSPS) is 15.7. The van der Waals surface area contributed by atoms with E-state index in [9.17, 15) is 4.79 Å². The zero-order valence-corrected chi connectivity index (χ0v) is 15.7. The van der Waals surface area contributed by atoms with Gasteiger partial charge in [-0.15, -0.1) is 32.9 Å². The Bertz CT molecular complexity index is 639. The number of rotatable bonds is 14. The third-order valence-corrected chi connectivity index (χ3v) is 4.86. The number of allylic oxidation sites excluding steroid dienone is 8. The van der Waals surface area contributed by atoms with Crippen LogP contribution in [-0.2, 0) is 4.79 Å². The van der Waals surface area contributed by atoms with E-state index in [1.807, 2.05) is 30.4 Å². The fraction of sp³-hybridized carbons (Fsp3) is 0.348. The molecule has 0 atom stereocenters. The topological polar surface area (TPSA) is 49.3 Å². The first-order valence-corrected chi connectivity index (χ1v) is 8.94. The van der Waals surface area contributed by atoms with E-state index in [1.165, 1.54) is 22.3 Å². The van der Waals surface area contributed by atoms with Gasteiger partial charge >= 0.3 is 5.97 Å². The first-order chi connectivity index (χ1) is 12.5. The average Bonchev–Trinajstić information content (AvgIpc) is 2.80. The van der Waals surface area contributed by atoms with Crippen molar-refractivity contribution in [3.8, 4) is 0 Å². The number of carboxylic acid groups (broad SMARTS) is 1. The molecule has 0 aromatic heterocycles. The molecule has 0 fully saturated rings. The van der Waals surface area contributed by atoms with E-state index in [1.54, 1.807) is 0 Å². The lowest BCUT2D eigenvalue weighted by atomic mass is 9.69. The summed E-state index contributed by atoms with van der Waals surface area (Å²) >= 11 is 0. The van der Waals surface area contributed by atoms with Gasteiger partial charge in [0.05, 0.1) is 6.54 Å². The Morgan fingerprint density at radius 2 is 1.35 bits per heavy atom. The van der Waals surface area contributed by atoms with Gasteiger partial charge in [-0.05, 0) is 48.8 Å². The highest BCUT2D eigenvalue weighted by atomic mass is 16.4. The summed E-state index contributed by atoms with van der Waals surface area (Å²) in [6.07, 6.45) is 13.4. The van der Waals surface area contributed by atoms with E-state index in [4.69, 9.17) is 5.11 Å². The van der Waals surface area contributed by atoms with Gasteiger partial charge in [0.15, 0.2) is 0 Å². The van der Waals surface area contributed by atoms with Gasteiger partial charge in [0.2, 0.25) is 0 Å². The van der Waals surface area contributed by atoms with Crippen molar-refractivity contribution in [1.29, 1.82) is 0 Å². The lowest BCUT2D eigenvalue weighted by Gasteiger charge is -2.35. The molecule has 1 rings (SSSR count). The van der Waals surface area contributed by atoms with E-state index in [0.717, 1.165) is 32.1 Å². The Kier molecular flexibility index (Phi) is 8.80. The third-order valence-electron chi connectivity index (χ3n) is 4.86. The molecule has 0 saturated carbocycles. The van der Waals surface area contributed by atoms with Gasteiger partial charge in [0, 0.05) is 12.0 Å². The Balaban J connectivity index is 3.58. The van der Waals surface area contributed by atoms with Crippen LogP contribution in [0.4, 0.5) is 0 Å². The summed E-state index contributed by atoms with van der Waals surface area (Å²) in [7, 11) is 0. The highest BCUT2D eigenvalue weighted by molar-refractivity contribution is 5.69.